The van der Waals surface area contributed by atoms with Crippen LogP contribution in [-0.4, -0.2) is 21.1 Å². The molecule has 0 aliphatic heterocycles. The summed E-state index contributed by atoms with van der Waals surface area (Å²) >= 11 is 3.37. The van der Waals surface area contributed by atoms with Gasteiger partial charge in [-0.05, 0) is 50.0 Å². The van der Waals surface area contributed by atoms with E-state index in [-0.39, 0.29) is 17.4 Å². The predicted molar refractivity (Wildman–Crippen MR) is 72.1 cm³/mol. The van der Waals surface area contributed by atoms with E-state index in [4.69, 9.17) is 5.73 Å². The molecule has 96 valence electrons. The highest BCUT2D eigenvalue weighted by molar-refractivity contribution is 9.10. The van der Waals surface area contributed by atoms with Crippen LogP contribution in [0, 0.1) is 0 Å². The number of nitrogens with two attached hydrogens (primary N) is 1. The van der Waals surface area contributed by atoms with Crippen LogP contribution in [0.3, 0.4) is 0 Å². The minimum atomic E-state index is -0.315. The topological polar surface area (TPSA) is 60.9 Å². The number of hydrogen-bond acceptors (Lipinski definition) is 3. The molecule has 0 atom stereocenters. The summed E-state index contributed by atoms with van der Waals surface area (Å²) in [7, 11) is 0. The lowest BCUT2D eigenvalue weighted by Crippen LogP contribution is -2.32. The van der Waals surface area contributed by atoms with Gasteiger partial charge in [0, 0.05) is 18.0 Å². The highest BCUT2D eigenvalue weighted by atomic mass is 79.9. The average molecular weight is 302 g/mol. The number of halogens is 1. The molecule has 0 aliphatic rings. The number of rotatable bonds is 5. The second-order valence-electron chi connectivity index (χ2n) is 5.29. The summed E-state index contributed by atoms with van der Waals surface area (Å²) in [4.78, 5) is 12.2. The third-order valence-corrected chi connectivity index (χ3v) is 3.08. The van der Waals surface area contributed by atoms with Crippen molar-refractivity contribution in [1.29, 1.82) is 0 Å². The SMILES string of the molecule is CC(C)n1ncc(Br)c1C(=O)CCC(C)(C)N. The highest BCUT2D eigenvalue weighted by Gasteiger charge is 2.21. The number of hydrogen-bond donors (Lipinski definition) is 1. The summed E-state index contributed by atoms with van der Waals surface area (Å²) in [6, 6.07) is 0.172. The van der Waals surface area contributed by atoms with Gasteiger partial charge in [0.1, 0.15) is 5.69 Å². The third-order valence-electron chi connectivity index (χ3n) is 2.50. The quantitative estimate of drug-likeness (QED) is 0.851. The number of aromatic nitrogens is 2. The molecule has 1 aromatic rings. The first-order valence-corrected chi connectivity index (χ1v) is 6.57. The van der Waals surface area contributed by atoms with Crippen molar-refractivity contribution in [1.82, 2.24) is 9.78 Å². The minimum Gasteiger partial charge on any atom is -0.326 e. The molecular formula is C12H20BrN3O. The maximum absolute atomic E-state index is 12.2. The summed E-state index contributed by atoms with van der Waals surface area (Å²) in [5.41, 5.74) is 6.21. The molecule has 0 aliphatic carbocycles. The Balaban J connectivity index is 2.85. The zero-order valence-electron chi connectivity index (χ0n) is 10.8. The molecule has 4 nitrogen and oxygen atoms in total. The van der Waals surface area contributed by atoms with Crippen molar-refractivity contribution in [3.05, 3.63) is 16.4 Å². The van der Waals surface area contributed by atoms with Gasteiger partial charge < -0.3 is 5.73 Å². The van der Waals surface area contributed by atoms with Gasteiger partial charge in [-0.25, -0.2) is 0 Å². The van der Waals surface area contributed by atoms with E-state index in [1.807, 2.05) is 27.7 Å². The minimum absolute atomic E-state index is 0.0848. The number of carbonyl (C=O) groups is 1. The zero-order valence-corrected chi connectivity index (χ0v) is 12.4. The molecule has 0 radical (unpaired) electrons. The van der Waals surface area contributed by atoms with Crippen LogP contribution in [0.1, 0.15) is 57.1 Å². The van der Waals surface area contributed by atoms with Crippen LogP contribution in [-0.2, 0) is 0 Å². The van der Waals surface area contributed by atoms with E-state index in [2.05, 4.69) is 21.0 Å². The molecule has 5 heteroatoms. The first kappa shape index (κ1) is 14.4. The summed E-state index contributed by atoms with van der Waals surface area (Å²) in [5.74, 6) is 0.0848. The normalized spacial score (nSPS) is 12.2. The van der Waals surface area contributed by atoms with Gasteiger partial charge in [0.25, 0.3) is 0 Å². The molecule has 0 saturated carbocycles. The van der Waals surface area contributed by atoms with E-state index in [1.165, 1.54) is 0 Å². The van der Waals surface area contributed by atoms with Gasteiger partial charge in [-0.2, -0.15) is 5.10 Å². The van der Waals surface area contributed by atoms with E-state index in [1.54, 1.807) is 10.9 Å². The zero-order chi connectivity index (χ0) is 13.2. The van der Waals surface area contributed by atoms with Gasteiger partial charge in [-0.15, -0.1) is 0 Å². The molecule has 0 spiro atoms. The van der Waals surface area contributed by atoms with Gasteiger partial charge in [0.15, 0.2) is 5.78 Å². The van der Waals surface area contributed by atoms with Crippen LogP contribution in [0.2, 0.25) is 0 Å². The molecule has 0 amide bonds. The molecule has 0 aromatic carbocycles. The summed E-state index contributed by atoms with van der Waals surface area (Å²) in [6.07, 6.45) is 2.78. The fourth-order valence-corrected chi connectivity index (χ4v) is 2.04. The lowest BCUT2D eigenvalue weighted by molar-refractivity contribution is 0.0959. The number of ketones is 1. The monoisotopic (exact) mass is 301 g/mol. The number of Topliss-reactive ketones (excluding diaryl/α,β-unsaturated/α-hetero) is 1. The Labute approximate surface area is 111 Å². The molecule has 17 heavy (non-hydrogen) atoms. The van der Waals surface area contributed by atoms with E-state index in [0.717, 1.165) is 4.47 Å². The molecule has 1 rings (SSSR count). The second-order valence-corrected chi connectivity index (χ2v) is 6.15. The van der Waals surface area contributed by atoms with E-state index in [0.29, 0.717) is 18.5 Å². The summed E-state index contributed by atoms with van der Waals surface area (Å²) < 4.78 is 2.50. The van der Waals surface area contributed by atoms with Crippen molar-refractivity contribution in [3.63, 3.8) is 0 Å². The van der Waals surface area contributed by atoms with Crippen LogP contribution in [0.4, 0.5) is 0 Å². The first-order valence-electron chi connectivity index (χ1n) is 5.77. The Morgan fingerprint density at radius 1 is 1.59 bits per heavy atom. The van der Waals surface area contributed by atoms with Crippen molar-refractivity contribution in [2.75, 3.05) is 0 Å². The number of nitrogens with zero attached hydrogens (tertiary/aromatic N) is 2. The molecule has 0 fully saturated rings. The van der Waals surface area contributed by atoms with Crippen LogP contribution in [0.25, 0.3) is 0 Å². The molecule has 1 aromatic heterocycles. The maximum atomic E-state index is 12.2. The Morgan fingerprint density at radius 3 is 2.65 bits per heavy atom. The second kappa shape index (κ2) is 5.31. The van der Waals surface area contributed by atoms with Crippen molar-refractivity contribution in [2.45, 2.75) is 52.1 Å². The Hall–Kier alpha value is -0.680. The summed E-state index contributed by atoms with van der Waals surface area (Å²) in [6.45, 7) is 7.86. The Morgan fingerprint density at radius 2 is 2.18 bits per heavy atom. The molecule has 0 unspecified atom stereocenters. The lowest BCUT2D eigenvalue weighted by atomic mass is 9.97. The van der Waals surface area contributed by atoms with Gasteiger partial charge >= 0.3 is 0 Å². The number of carbonyl (C=O) groups excluding carboxylic acids is 1. The van der Waals surface area contributed by atoms with E-state index >= 15 is 0 Å². The fraction of sp³-hybridized carbons (Fsp3) is 0.667. The highest BCUT2D eigenvalue weighted by Crippen LogP contribution is 2.22. The maximum Gasteiger partial charge on any atom is 0.182 e. The van der Waals surface area contributed by atoms with Crippen molar-refractivity contribution in [3.8, 4) is 0 Å². The van der Waals surface area contributed by atoms with Gasteiger partial charge in [0.2, 0.25) is 0 Å². The van der Waals surface area contributed by atoms with Crippen molar-refractivity contribution < 1.29 is 4.79 Å². The van der Waals surface area contributed by atoms with Gasteiger partial charge in [-0.3, -0.25) is 9.48 Å². The standard InChI is InChI=1S/C12H20BrN3O/c1-8(2)16-11(9(13)7-15-16)10(17)5-6-12(3,4)14/h7-8H,5-6,14H2,1-4H3. The van der Waals surface area contributed by atoms with Crippen molar-refractivity contribution >= 4 is 21.7 Å². The Kier molecular flexibility index (Phi) is 4.49. The molecule has 0 saturated heterocycles. The summed E-state index contributed by atoms with van der Waals surface area (Å²) in [5, 5.41) is 4.20. The lowest BCUT2D eigenvalue weighted by Gasteiger charge is -2.18. The molecule has 1 heterocycles. The third kappa shape index (κ3) is 3.92. The first-order chi connectivity index (χ1) is 7.72. The average Bonchev–Trinajstić information content (AvgIpc) is 2.55. The van der Waals surface area contributed by atoms with Crippen LogP contribution in [0.5, 0.6) is 0 Å². The molecular weight excluding hydrogens is 282 g/mol. The predicted octanol–water partition coefficient (Wildman–Crippen LogP) is 2.93. The van der Waals surface area contributed by atoms with E-state index < -0.39 is 0 Å². The van der Waals surface area contributed by atoms with Crippen molar-refractivity contribution in [2.24, 2.45) is 5.73 Å². The van der Waals surface area contributed by atoms with Crippen LogP contribution < -0.4 is 5.73 Å². The Bertz CT molecular complexity index is 404. The van der Waals surface area contributed by atoms with E-state index in [9.17, 15) is 4.79 Å². The van der Waals surface area contributed by atoms with Crippen LogP contribution in [0.15, 0.2) is 10.7 Å². The van der Waals surface area contributed by atoms with Gasteiger partial charge in [0.05, 0.1) is 10.7 Å². The smallest absolute Gasteiger partial charge is 0.182 e. The molecule has 2 N–H and O–H groups in total. The molecule has 0 bridgehead atoms. The van der Waals surface area contributed by atoms with Crippen LogP contribution >= 0.6 is 15.9 Å². The fourth-order valence-electron chi connectivity index (χ4n) is 1.55. The van der Waals surface area contributed by atoms with Gasteiger partial charge in [-0.1, -0.05) is 0 Å². The largest absolute Gasteiger partial charge is 0.326 e.